The van der Waals surface area contributed by atoms with Gasteiger partial charge in [-0.25, -0.2) is 18.7 Å². The lowest BCUT2D eigenvalue weighted by Gasteiger charge is -2.27. The molecule has 0 spiro atoms. The van der Waals surface area contributed by atoms with Gasteiger partial charge in [-0.05, 0) is 30.2 Å². The molecule has 2 rings (SSSR count). The summed E-state index contributed by atoms with van der Waals surface area (Å²) in [5.41, 5.74) is 2.13. The number of carbonyl (C=O) groups excluding carboxylic acids is 1. The Morgan fingerprint density at radius 2 is 1.79 bits per heavy atom. The Balaban J connectivity index is 2.37. The van der Waals surface area contributed by atoms with Gasteiger partial charge in [0.15, 0.2) is 0 Å². The van der Waals surface area contributed by atoms with E-state index in [4.69, 9.17) is 10.3 Å². The number of sulfonamides is 1. The summed E-state index contributed by atoms with van der Waals surface area (Å²) in [5, 5.41) is 17.0. The van der Waals surface area contributed by atoms with E-state index < -0.39 is 27.3 Å². The number of nitrogens with one attached hydrogen (secondary N) is 1. The van der Waals surface area contributed by atoms with Crippen molar-refractivity contribution in [2.45, 2.75) is 23.1 Å². The molecule has 28 heavy (non-hydrogen) atoms. The lowest BCUT2D eigenvalue weighted by molar-refractivity contribution is -0.129. The molecule has 2 aromatic rings. The van der Waals surface area contributed by atoms with Crippen LogP contribution in [0, 0.1) is 0 Å². The number of hydrogen-bond donors (Lipinski definition) is 4. The molecule has 0 bridgehead atoms. The second-order valence-corrected chi connectivity index (χ2v) is 8.39. The van der Waals surface area contributed by atoms with E-state index in [1.165, 1.54) is 23.7 Å². The SMILES string of the molecule is O=C(CCN(C(S)Cc1ccccc1)S(=O)(=O)c1cccc(C(=O)O)c1)NO. The largest absolute Gasteiger partial charge is 0.478 e. The fourth-order valence-electron chi connectivity index (χ4n) is 2.55. The summed E-state index contributed by atoms with van der Waals surface area (Å²) in [4.78, 5) is 22.4. The summed E-state index contributed by atoms with van der Waals surface area (Å²) in [7, 11) is -4.15. The maximum atomic E-state index is 13.1. The molecule has 8 nitrogen and oxygen atoms in total. The normalized spacial score (nSPS) is 12.5. The molecule has 0 aliphatic carbocycles. The number of amides is 1. The Morgan fingerprint density at radius 1 is 1.11 bits per heavy atom. The Labute approximate surface area is 168 Å². The van der Waals surface area contributed by atoms with Crippen molar-refractivity contribution in [2.24, 2.45) is 0 Å². The van der Waals surface area contributed by atoms with Gasteiger partial charge in [0.25, 0.3) is 0 Å². The van der Waals surface area contributed by atoms with Gasteiger partial charge in [0.1, 0.15) is 0 Å². The number of nitrogens with zero attached hydrogens (tertiary/aromatic N) is 1. The molecule has 0 aliphatic heterocycles. The maximum Gasteiger partial charge on any atom is 0.335 e. The number of hydrogen-bond acceptors (Lipinski definition) is 6. The fraction of sp³-hybridized carbons (Fsp3) is 0.222. The predicted molar refractivity (Wildman–Crippen MR) is 105 cm³/mol. The Kier molecular flexibility index (Phi) is 7.58. The van der Waals surface area contributed by atoms with Crippen LogP contribution < -0.4 is 5.48 Å². The van der Waals surface area contributed by atoms with Crippen LogP contribution >= 0.6 is 12.6 Å². The second-order valence-electron chi connectivity index (χ2n) is 5.90. The van der Waals surface area contributed by atoms with Crippen LogP contribution in [0.25, 0.3) is 0 Å². The van der Waals surface area contributed by atoms with Crippen molar-refractivity contribution in [3.8, 4) is 0 Å². The van der Waals surface area contributed by atoms with Gasteiger partial charge < -0.3 is 5.11 Å². The third-order valence-corrected chi connectivity index (χ3v) is 6.49. The molecule has 2 aromatic carbocycles. The zero-order chi connectivity index (χ0) is 20.7. The zero-order valence-electron chi connectivity index (χ0n) is 14.7. The highest BCUT2D eigenvalue weighted by molar-refractivity contribution is 7.90. The monoisotopic (exact) mass is 424 g/mol. The highest BCUT2D eigenvalue weighted by Gasteiger charge is 2.30. The molecule has 1 unspecified atom stereocenters. The van der Waals surface area contributed by atoms with Crippen LogP contribution in [-0.2, 0) is 21.2 Å². The third-order valence-electron chi connectivity index (χ3n) is 3.97. The molecular weight excluding hydrogens is 404 g/mol. The van der Waals surface area contributed by atoms with Crippen LogP contribution in [0.1, 0.15) is 22.3 Å². The first kappa shape index (κ1) is 21.9. The lowest BCUT2D eigenvalue weighted by atomic mass is 10.1. The average Bonchev–Trinajstić information content (AvgIpc) is 2.68. The van der Waals surface area contributed by atoms with Crippen molar-refractivity contribution in [3.63, 3.8) is 0 Å². The molecule has 0 aliphatic rings. The van der Waals surface area contributed by atoms with Crippen LogP contribution in [0.5, 0.6) is 0 Å². The van der Waals surface area contributed by atoms with Gasteiger partial charge in [0.05, 0.1) is 15.8 Å². The topological polar surface area (TPSA) is 124 Å². The van der Waals surface area contributed by atoms with E-state index in [0.29, 0.717) is 0 Å². The third kappa shape index (κ3) is 5.55. The summed E-state index contributed by atoms with van der Waals surface area (Å²) in [6.45, 7) is -0.243. The van der Waals surface area contributed by atoms with E-state index in [-0.39, 0.29) is 29.8 Å². The Bertz CT molecular complexity index is 934. The van der Waals surface area contributed by atoms with Gasteiger partial charge in [-0.3, -0.25) is 10.0 Å². The summed E-state index contributed by atoms with van der Waals surface area (Å²) in [6, 6.07) is 14.0. The van der Waals surface area contributed by atoms with Gasteiger partial charge in [-0.1, -0.05) is 36.4 Å². The predicted octanol–water partition coefficient (Wildman–Crippen LogP) is 1.77. The number of carboxylic acid groups (broad SMARTS) is 1. The quantitative estimate of drug-likeness (QED) is 0.211. The molecule has 0 aromatic heterocycles. The van der Waals surface area contributed by atoms with Crippen molar-refractivity contribution in [3.05, 3.63) is 65.7 Å². The van der Waals surface area contributed by atoms with E-state index in [2.05, 4.69) is 12.6 Å². The first-order chi connectivity index (χ1) is 13.3. The minimum Gasteiger partial charge on any atom is -0.478 e. The number of carboxylic acids is 1. The van der Waals surface area contributed by atoms with E-state index >= 15 is 0 Å². The zero-order valence-corrected chi connectivity index (χ0v) is 16.4. The molecule has 1 amide bonds. The van der Waals surface area contributed by atoms with Gasteiger partial charge in [0.2, 0.25) is 15.9 Å². The molecule has 10 heteroatoms. The van der Waals surface area contributed by atoms with E-state index in [9.17, 15) is 18.0 Å². The Morgan fingerprint density at radius 3 is 2.39 bits per heavy atom. The number of thiol groups is 1. The van der Waals surface area contributed by atoms with Crippen LogP contribution in [-0.4, -0.2) is 46.8 Å². The van der Waals surface area contributed by atoms with Crippen molar-refractivity contribution < 1.29 is 28.3 Å². The van der Waals surface area contributed by atoms with Gasteiger partial charge >= 0.3 is 5.97 Å². The van der Waals surface area contributed by atoms with Gasteiger partial charge in [-0.2, -0.15) is 16.9 Å². The van der Waals surface area contributed by atoms with Crippen molar-refractivity contribution >= 4 is 34.5 Å². The highest BCUT2D eigenvalue weighted by atomic mass is 32.2. The first-order valence-corrected chi connectivity index (χ1v) is 10.2. The molecule has 0 heterocycles. The Hall–Kier alpha value is -2.40. The molecule has 150 valence electrons. The smallest absolute Gasteiger partial charge is 0.335 e. The van der Waals surface area contributed by atoms with Gasteiger partial charge in [-0.15, -0.1) is 0 Å². The molecule has 1 atom stereocenters. The number of benzene rings is 2. The van der Waals surface area contributed by atoms with Crippen molar-refractivity contribution in [2.75, 3.05) is 6.54 Å². The maximum absolute atomic E-state index is 13.1. The first-order valence-electron chi connectivity index (χ1n) is 8.26. The van der Waals surface area contributed by atoms with Crippen LogP contribution in [0.2, 0.25) is 0 Å². The van der Waals surface area contributed by atoms with E-state index in [1.807, 2.05) is 30.3 Å². The van der Waals surface area contributed by atoms with Crippen molar-refractivity contribution in [1.82, 2.24) is 9.79 Å². The molecule has 3 N–H and O–H groups in total. The van der Waals surface area contributed by atoms with Crippen LogP contribution in [0.3, 0.4) is 0 Å². The summed E-state index contributed by atoms with van der Waals surface area (Å²) < 4.78 is 27.3. The summed E-state index contributed by atoms with van der Waals surface area (Å²) >= 11 is 4.41. The number of hydroxylamine groups is 1. The molecular formula is C18H20N2O6S2. The summed E-state index contributed by atoms with van der Waals surface area (Å²) in [5.74, 6) is -2.00. The molecule has 0 saturated carbocycles. The number of rotatable bonds is 9. The minimum atomic E-state index is -4.15. The minimum absolute atomic E-state index is 0.173. The standard InChI is InChI=1S/C18H20N2O6S2/c21-16(19-24)9-10-20(17(27)11-13-5-2-1-3-6-13)28(25,26)15-8-4-7-14(12-15)18(22)23/h1-8,12,17,24,27H,9-11H2,(H,19,21)(H,22,23). The summed E-state index contributed by atoms with van der Waals surface area (Å²) in [6.07, 6.45) is -0.0251. The van der Waals surface area contributed by atoms with Crippen molar-refractivity contribution in [1.29, 1.82) is 0 Å². The highest BCUT2D eigenvalue weighted by Crippen LogP contribution is 2.23. The number of aromatic carboxylic acids is 1. The van der Waals surface area contributed by atoms with Crippen LogP contribution in [0.15, 0.2) is 59.5 Å². The van der Waals surface area contributed by atoms with E-state index in [0.717, 1.165) is 15.9 Å². The molecule has 0 radical (unpaired) electrons. The average molecular weight is 425 g/mol. The second kappa shape index (κ2) is 9.69. The molecule has 0 fully saturated rings. The van der Waals surface area contributed by atoms with Gasteiger partial charge in [0, 0.05) is 13.0 Å². The lowest BCUT2D eigenvalue weighted by Crippen LogP contribution is -2.40. The van der Waals surface area contributed by atoms with Crippen LogP contribution in [0.4, 0.5) is 0 Å². The number of carbonyl (C=O) groups is 2. The molecule has 0 saturated heterocycles. The van der Waals surface area contributed by atoms with E-state index in [1.54, 1.807) is 0 Å². The fourth-order valence-corrected chi connectivity index (χ4v) is 4.77.